The van der Waals surface area contributed by atoms with E-state index in [-0.39, 0.29) is 18.4 Å². The summed E-state index contributed by atoms with van der Waals surface area (Å²) in [7, 11) is 0. The minimum Gasteiger partial charge on any atom is -0.336 e. The van der Waals surface area contributed by atoms with E-state index in [2.05, 4.69) is 5.32 Å². The number of urea groups is 1. The highest BCUT2D eigenvalue weighted by molar-refractivity contribution is 6.09. The van der Waals surface area contributed by atoms with Crippen LogP contribution >= 0.6 is 0 Å². The van der Waals surface area contributed by atoms with Crippen LogP contribution in [0.15, 0.2) is 60.7 Å². The van der Waals surface area contributed by atoms with Crippen LogP contribution in [0, 0.1) is 0 Å². The molecule has 32 heavy (non-hydrogen) atoms. The number of carbonyl (C=O) groups excluding carboxylic acids is 3. The van der Waals surface area contributed by atoms with E-state index in [9.17, 15) is 14.4 Å². The molecule has 1 heterocycles. The van der Waals surface area contributed by atoms with Gasteiger partial charge in [-0.2, -0.15) is 0 Å². The van der Waals surface area contributed by atoms with Crippen LogP contribution in [0.3, 0.4) is 0 Å². The Balaban J connectivity index is 1.74. The molecule has 1 saturated heterocycles. The van der Waals surface area contributed by atoms with Gasteiger partial charge in [0.15, 0.2) is 0 Å². The van der Waals surface area contributed by atoms with E-state index in [4.69, 9.17) is 0 Å². The van der Waals surface area contributed by atoms with Crippen LogP contribution in [0.25, 0.3) is 0 Å². The summed E-state index contributed by atoms with van der Waals surface area (Å²) < 4.78 is 0. The van der Waals surface area contributed by atoms with Crippen LogP contribution in [0.5, 0.6) is 0 Å². The smallest absolute Gasteiger partial charge is 0.325 e. The summed E-state index contributed by atoms with van der Waals surface area (Å²) >= 11 is 0. The highest BCUT2D eigenvalue weighted by atomic mass is 16.2. The molecular formula is C26H33N3O3. The summed E-state index contributed by atoms with van der Waals surface area (Å²) in [6.07, 6.45) is 3.43. The first-order chi connectivity index (χ1) is 15.5. The summed E-state index contributed by atoms with van der Waals surface area (Å²) in [6.45, 7) is 4.70. The molecule has 1 N–H and O–H groups in total. The molecule has 1 fully saturated rings. The Morgan fingerprint density at radius 1 is 0.906 bits per heavy atom. The molecule has 0 aliphatic carbocycles. The van der Waals surface area contributed by atoms with Crippen LogP contribution in [-0.2, 0) is 22.6 Å². The molecule has 6 heteroatoms. The monoisotopic (exact) mass is 435 g/mol. The second-order valence-corrected chi connectivity index (χ2v) is 8.44. The number of nitrogens with zero attached hydrogens (tertiary/aromatic N) is 2. The molecule has 0 aromatic heterocycles. The fourth-order valence-electron chi connectivity index (χ4n) is 4.38. The van der Waals surface area contributed by atoms with Crippen LogP contribution in [0.2, 0.25) is 0 Å². The predicted octanol–water partition coefficient (Wildman–Crippen LogP) is 4.15. The van der Waals surface area contributed by atoms with Crippen molar-refractivity contribution in [2.45, 2.75) is 58.0 Å². The number of hydrogen-bond donors (Lipinski definition) is 1. The van der Waals surface area contributed by atoms with Crippen molar-refractivity contribution in [3.63, 3.8) is 0 Å². The maximum Gasteiger partial charge on any atom is 0.325 e. The minimum absolute atomic E-state index is 0.225. The van der Waals surface area contributed by atoms with Crippen LogP contribution in [0.4, 0.5) is 4.79 Å². The molecule has 170 valence electrons. The highest BCUT2D eigenvalue weighted by Crippen LogP contribution is 2.28. The molecule has 2 aromatic carbocycles. The third-order valence-electron chi connectivity index (χ3n) is 5.98. The Hall–Kier alpha value is -3.15. The zero-order chi connectivity index (χ0) is 23.0. The van der Waals surface area contributed by atoms with Gasteiger partial charge in [-0.1, -0.05) is 87.4 Å². The molecule has 3 rings (SSSR count). The largest absolute Gasteiger partial charge is 0.336 e. The first-order valence-corrected chi connectivity index (χ1v) is 11.5. The van der Waals surface area contributed by atoms with Crippen molar-refractivity contribution in [3.05, 3.63) is 71.8 Å². The third kappa shape index (κ3) is 5.55. The Labute approximate surface area is 190 Å². The van der Waals surface area contributed by atoms with Gasteiger partial charge in [0.1, 0.15) is 12.1 Å². The van der Waals surface area contributed by atoms with E-state index in [0.29, 0.717) is 32.4 Å². The summed E-state index contributed by atoms with van der Waals surface area (Å²) in [5, 5.41) is 2.89. The van der Waals surface area contributed by atoms with Crippen molar-refractivity contribution in [2.24, 2.45) is 0 Å². The standard InChI is InChI=1S/C26H33N3O3/c1-3-16-26(17-4-2)24(31)29(25(32)27-26)20-23(30)28(19-22-13-9-6-10-14-22)18-15-21-11-7-5-8-12-21/h5-14H,3-4,15-20H2,1-2H3,(H,27,32). The molecule has 2 aromatic rings. The fourth-order valence-corrected chi connectivity index (χ4v) is 4.38. The molecule has 0 spiro atoms. The van der Waals surface area contributed by atoms with Gasteiger partial charge in [-0.3, -0.25) is 14.5 Å². The molecule has 0 radical (unpaired) electrons. The second kappa shape index (κ2) is 10.9. The van der Waals surface area contributed by atoms with Crippen molar-refractivity contribution in [2.75, 3.05) is 13.1 Å². The maximum atomic E-state index is 13.3. The molecule has 4 amide bonds. The van der Waals surface area contributed by atoms with Crippen LogP contribution < -0.4 is 5.32 Å². The van der Waals surface area contributed by atoms with E-state index in [1.165, 1.54) is 0 Å². The van der Waals surface area contributed by atoms with Crippen LogP contribution in [-0.4, -0.2) is 46.3 Å². The summed E-state index contributed by atoms with van der Waals surface area (Å²) in [6, 6.07) is 19.3. The molecule has 0 atom stereocenters. The lowest BCUT2D eigenvalue weighted by Gasteiger charge is -2.27. The molecule has 0 saturated carbocycles. The predicted molar refractivity (Wildman–Crippen MR) is 125 cm³/mol. The average molecular weight is 436 g/mol. The van der Waals surface area contributed by atoms with Crippen molar-refractivity contribution >= 4 is 17.8 Å². The normalized spacial score (nSPS) is 15.0. The zero-order valence-electron chi connectivity index (χ0n) is 19.0. The van der Waals surface area contributed by atoms with Gasteiger partial charge in [0.2, 0.25) is 5.91 Å². The van der Waals surface area contributed by atoms with Gasteiger partial charge in [0, 0.05) is 13.1 Å². The molecular weight excluding hydrogens is 402 g/mol. The lowest BCUT2D eigenvalue weighted by molar-refractivity contribution is -0.139. The second-order valence-electron chi connectivity index (χ2n) is 8.44. The minimum atomic E-state index is -0.880. The van der Waals surface area contributed by atoms with Gasteiger partial charge >= 0.3 is 6.03 Å². The van der Waals surface area contributed by atoms with Crippen LogP contribution in [0.1, 0.15) is 50.7 Å². The lowest BCUT2D eigenvalue weighted by atomic mass is 9.88. The van der Waals surface area contributed by atoms with Crippen molar-refractivity contribution in [3.8, 4) is 0 Å². The number of benzene rings is 2. The number of hydrogen-bond acceptors (Lipinski definition) is 3. The van der Waals surface area contributed by atoms with Gasteiger partial charge in [-0.05, 0) is 30.4 Å². The summed E-state index contributed by atoms with van der Waals surface area (Å²) in [5.74, 6) is -0.501. The number of amides is 4. The van der Waals surface area contributed by atoms with Gasteiger partial charge in [0.05, 0.1) is 0 Å². The van der Waals surface area contributed by atoms with Gasteiger partial charge in [-0.25, -0.2) is 4.79 Å². The first kappa shape index (κ1) is 23.5. The van der Waals surface area contributed by atoms with E-state index >= 15 is 0 Å². The fraction of sp³-hybridized carbons (Fsp3) is 0.423. The van der Waals surface area contributed by atoms with E-state index < -0.39 is 11.6 Å². The number of imide groups is 1. The van der Waals surface area contributed by atoms with E-state index in [0.717, 1.165) is 28.9 Å². The van der Waals surface area contributed by atoms with Crippen molar-refractivity contribution < 1.29 is 14.4 Å². The number of rotatable bonds is 11. The van der Waals surface area contributed by atoms with Gasteiger partial charge in [0.25, 0.3) is 5.91 Å². The SMILES string of the molecule is CCCC1(CCC)NC(=O)N(CC(=O)N(CCc2ccccc2)Cc2ccccc2)C1=O. The quantitative estimate of drug-likeness (QED) is 0.539. The number of nitrogens with one attached hydrogen (secondary N) is 1. The van der Waals surface area contributed by atoms with Gasteiger partial charge < -0.3 is 10.2 Å². The van der Waals surface area contributed by atoms with Crippen molar-refractivity contribution in [1.29, 1.82) is 0 Å². The molecule has 1 aliphatic heterocycles. The zero-order valence-corrected chi connectivity index (χ0v) is 19.0. The molecule has 6 nitrogen and oxygen atoms in total. The Morgan fingerprint density at radius 2 is 1.47 bits per heavy atom. The Morgan fingerprint density at radius 3 is 2.03 bits per heavy atom. The molecule has 0 unspecified atom stereocenters. The first-order valence-electron chi connectivity index (χ1n) is 11.5. The van der Waals surface area contributed by atoms with E-state index in [1.54, 1.807) is 4.90 Å². The average Bonchev–Trinajstić information content (AvgIpc) is 3.02. The van der Waals surface area contributed by atoms with E-state index in [1.807, 2.05) is 74.5 Å². The Bertz CT molecular complexity index is 908. The van der Waals surface area contributed by atoms with Crippen molar-refractivity contribution in [1.82, 2.24) is 15.1 Å². The Kier molecular flexibility index (Phi) is 8.03. The lowest BCUT2D eigenvalue weighted by Crippen LogP contribution is -2.48. The maximum absolute atomic E-state index is 13.3. The number of carbonyl (C=O) groups is 3. The summed E-state index contributed by atoms with van der Waals surface area (Å²) in [5.41, 5.74) is 1.27. The summed E-state index contributed by atoms with van der Waals surface area (Å²) in [4.78, 5) is 42.0. The highest BCUT2D eigenvalue weighted by Gasteiger charge is 2.50. The third-order valence-corrected chi connectivity index (χ3v) is 5.98. The van der Waals surface area contributed by atoms with Gasteiger partial charge in [-0.15, -0.1) is 0 Å². The molecule has 0 bridgehead atoms. The molecule has 1 aliphatic rings. The topological polar surface area (TPSA) is 69.7 Å².